The molecular weight excluding hydrogens is 499 g/mol. The summed E-state index contributed by atoms with van der Waals surface area (Å²) in [6.45, 7) is 4.59. The maximum absolute atomic E-state index is 13.2. The second-order valence-corrected chi connectivity index (χ2v) is 10.1. The highest BCUT2D eigenvalue weighted by atomic mass is 127. The Labute approximate surface area is 188 Å². The second-order valence-electron chi connectivity index (χ2n) is 7.02. The molecule has 0 saturated heterocycles. The summed E-state index contributed by atoms with van der Waals surface area (Å²) in [5.41, 5.74) is 0.474. The van der Waals surface area contributed by atoms with Gasteiger partial charge in [0.25, 0.3) is 10.0 Å². The predicted molar refractivity (Wildman–Crippen MR) is 126 cm³/mol. The largest absolute Gasteiger partial charge is 0.354 e. The summed E-state index contributed by atoms with van der Waals surface area (Å²) < 4.78 is 28.6. The summed E-state index contributed by atoms with van der Waals surface area (Å²) in [5.74, 6) is 0.120. The summed E-state index contributed by atoms with van der Waals surface area (Å²) in [6, 6.07) is 15.3. The number of anilines is 1. The van der Waals surface area contributed by atoms with E-state index in [1.165, 1.54) is 4.31 Å². The Morgan fingerprint density at radius 3 is 2.31 bits per heavy atom. The van der Waals surface area contributed by atoms with Crippen LogP contribution in [0, 0.1) is 9.49 Å². The fourth-order valence-corrected chi connectivity index (χ4v) is 4.83. The number of carbonyl (C=O) groups excluding carboxylic acids is 1. The summed E-state index contributed by atoms with van der Waals surface area (Å²) in [4.78, 5) is 12.8. The number of amides is 1. The highest BCUT2D eigenvalue weighted by Crippen LogP contribution is 2.24. The lowest BCUT2D eigenvalue weighted by atomic mass is 9.99. The van der Waals surface area contributed by atoms with Crippen molar-refractivity contribution in [2.45, 2.75) is 44.4 Å². The van der Waals surface area contributed by atoms with Gasteiger partial charge in [0.1, 0.15) is 6.54 Å². The summed E-state index contributed by atoms with van der Waals surface area (Å²) in [6.07, 6.45) is 4.31. The van der Waals surface area contributed by atoms with Crippen LogP contribution in [0.5, 0.6) is 0 Å². The third-order valence-electron chi connectivity index (χ3n) is 4.86. The van der Waals surface area contributed by atoms with Crippen LogP contribution in [-0.4, -0.2) is 27.4 Å². The van der Waals surface area contributed by atoms with Crippen molar-refractivity contribution in [3.05, 3.63) is 58.2 Å². The number of nitrogens with zero attached hydrogens (tertiary/aromatic N) is 1. The van der Waals surface area contributed by atoms with Crippen molar-refractivity contribution < 1.29 is 13.2 Å². The van der Waals surface area contributed by atoms with Gasteiger partial charge in [-0.2, -0.15) is 0 Å². The van der Waals surface area contributed by atoms with Crippen molar-refractivity contribution in [1.82, 2.24) is 5.32 Å². The van der Waals surface area contributed by atoms with Crippen molar-refractivity contribution >= 4 is 44.2 Å². The lowest BCUT2D eigenvalue weighted by Gasteiger charge is -2.25. The second kappa shape index (κ2) is 11.5. The van der Waals surface area contributed by atoms with E-state index in [0.29, 0.717) is 18.2 Å². The Morgan fingerprint density at radius 1 is 1.07 bits per heavy atom. The van der Waals surface area contributed by atoms with E-state index in [2.05, 4.69) is 41.8 Å². The van der Waals surface area contributed by atoms with Crippen molar-refractivity contribution in [2.75, 3.05) is 17.4 Å². The molecule has 2 aromatic carbocycles. The van der Waals surface area contributed by atoms with Gasteiger partial charge in [-0.1, -0.05) is 51.3 Å². The first-order chi connectivity index (χ1) is 13.9. The van der Waals surface area contributed by atoms with Crippen LogP contribution < -0.4 is 9.62 Å². The molecule has 0 aliphatic heterocycles. The number of hydrogen-bond acceptors (Lipinski definition) is 3. The van der Waals surface area contributed by atoms with Crippen molar-refractivity contribution in [1.29, 1.82) is 0 Å². The van der Waals surface area contributed by atoms with Crippen LogP contribution in [0.3, 0.4) is 0 Å². The Bertz CT molecular complexity index is 871. The molecule has 1 amide bonds. The van der Waals surface area contributed by atoms with E-state index < -0.39 is 10.0 Å². The molecule has 7 heteroatoms. The molecule has 158 valence electrons. The van der Waals surface area contributed by atoms with Crippen LogP contribution in [-0.2, 0) is 14.8 Å². The molecule has 0 saturated carbocycles. The molecular formula is C22H29IN2O3S. The number of hydrogen-bond donors (Lipinski definition) is 1. The van der Waals surface area contributed by atoms with Crippen LogP contribution in [0.15, 0.2) is 59.5 Å². The fraction of sp³-hybridized carbons (Fsp3) is 0.409. The fourth-order valence-electron chi connectivity index (χ4n) is 3.03. The smallest absolute Gasteiger partial charge is 0.264 e. The average molecular weight is 528 g/mol. The van der Waals surface area contributed by atoms with E-state index in [1.807, 2.05) is 12.1 Å². The minimum atomic E-state index is -3.85. The van der Waals surface area contributed by atoms with E-state index in [-0.39, 0.29) is 17.3 Å². The monoisotopic (exact) mass is 528 g/mol. The number of benzene rings is 2. The van der Waals surface area contributed by atoms with Gasteiger partial charge in [-0.05, 0) is 71.3 Å². The number of carbonyl (C=O) groups is 1. The van der Waals surface area contributed by atoms with Crippen LogP contribution >= 0.6 is 22.6 Å². The Hall–Kier alpha value is -1.61. The van der Waals surface area contributed by atoms with Crippen LogP contribution in [0.2, 0.25) is 0 Å². The Balaban J connectivity index is 2.20. The maximum atomic E-state index is 13.2. The summed E-state index contributed by atoms with van der Waals surface area (Å²) in [5, 5.41) is 2.93. The summed E-state index contributed by atoms with van der Waals surface area (Å²) >= 11 is 2.17. The van der Waals surface area contributed by atoms with Gasteiger partial charge in [0.05, 0.1) is 10.6 Å². The van der Waals surface area contributed by atoms with Gasteiger partial charge in [-0.3, -0.25) is 9.10 Å². The van der Waals surface area contributed by atoms with Crippen molar-refractivity contribution in [3.8, 4) is 0 Å². The van der Waals surface area contributed by atoms with Crippen molar-refractivity contribution in [2.24, 2.45) is 5.92 Å². The normalized spacial score (nSPS) is 12.4. The van der Waals surface area contributed by atoms with Gasteiger partial charge < -0.3 is 5.32 Å². The van der Waals surface area contributed by atoms with Crippen molar-refractivity contribution in [3.63, 3.8) is 0 Å². The van der Waals surface area contributed by atoms with Crippen LogP contribution in [0.1, 0.15) is 39.5 Å². The zero-order valence-electron chi connectivity index (χ0n) is 17.0. The van der Waals surface area contributed by atoms with E-state index in [9.17, 15) is 13.2 Å². The number of unbranched alkanes of at least 4 members (excludes halogenated alkanes) is 1. The lowest BCUT2D eigenvalue weighted by molar-refractivity contribution is -0.119. The molecule has 0 bridgehead atoms. The number of nitrogens with one attached hydrogen (secondary N) is 1. The van der Waals surface area contributed by atoms with E-state index >= 15 is 0 Å². The number of rotatable bonds is 11. The SMILES string of the molecule is CCCCC(CC)CNC(=O)CN(c1ccc(I)cc1)S(=O)(=O)c1ccccc1. The van der Waals surface area contributed by atoms with Gasteiger partial charge in [-0.15, -0.1) is 0 Å². The number of halogens is 1. The molecule has 1 N–H and O–H groups in total. The van der Waals surface area contributed by atoms with E-state index in [4.69, 9.17) is 0 Å². The molecule has 0 radical (unpaired) electrons. The highest BCUT2D eigenvalue weighted by Gasteiger charge is 2.27. The van der Waals surface area contributed by atoms with Gasteiger partial charge in [0.15, 0.2) is 0 Å². The van der Waals surface area contributed by atoms with Gasteiger partial charge in [-0.25, -0.2) is 8.42 Å². The first-order valence-electron chi connectivity index (χ1n) is 9.98. The molecule has 0 fully saturated rings. The standard InChI is InChI=1S/C22H29IN2O3S/c1-3-5-9-18(4-2)16-24-22(26)17-25(20-14-12-19(23)13-15-20)29(27,28)21-10-7-6-8-11-21/h6-8,10-15,18H,3-5,9,16-17H2,1-2H3,(H,24,26). The quantitative estimate of drug-likeness (QED) is 0.426. The van der Waals surface area contributed by atoms with E-state index in [1.54, 1.807) is 42.5 Å². The molecule has 29 heavy (non-hydrogen) atoms. The summed E-state index contributed by atoms with van der Waals surface area (Å²) in [7, 11) is -3.85. The molecule has 2 rings (SSSR count). The molecule has 0 heterocycles. The number of sulfonamides is 1. The maximum Gasteiger partial charge on any atom is 0.264 e. The molecule has 1 unspecified atom stereocenters. The van der Waals surface area contributed by atoms with Crippen LogP contribution in [0.4, 0.5) is 5.69 Å². The third-order valence-corrected chi connectivity index (χ3v) is 7.37. The predicted octanol–water partition coefficient (Wildman–Crippen LogP) is 4.82. The average Bonchev–Trinajstić information content (AvgIpc) is 2.73. The van der Waals surface area contributed by atoms with E-state index in [0.717, 1.165) is 29.3 Å². The van der Waals surface area contributed by atoms with Crippen LogP contribution in [0.25, 0.3) is 0 Å². The molecule has 0 aliphatic rings. The third kappa shape index (κ3) is 6.99. The first-order valence-corrected chi connectivity index (χ1v) is 12.5. The minimum Gasteiger partial charge on any atom is -0.354 e. The molecule has 0 aromatic heterocycles. The minimum absolute atomic E-state index is 0.167. The molecule has 0 aliphatic carbocycles. The zero-order chi connectivity index (χ0) is 21.3. The Kier molecular flexibility index (Phi) is 9.42. The topological polar surface area (TPSA) is 66.5 Å². The molecule has 2 aromatic rings. The molecule has 0 spiro atoms. The van der Waals surface area contributed by atoms with Gasteiger partial charge >= 0.3 is 0 Å². The van der Waals surface area contributed by atoms with Gasteiger partial charge in [0.2, 0.25) is 5.91 Å². The molecule has 1 atom stereocenters. The Morgan fingerprint density at radius 2 is 1.72 bits per heavy atom. The molecule has 5 nitrogen and oxygen atoms in total. The zero-order valence-corrected chi connectivity index (χ0v) is 19.9. The first kappa shape index (κ1) is 23.7. The lowest BCUT2D eigenvalue weighted by Crippen LogP contribution is -2.42. The highest BCUT2D eigenvalue weighted by molar-refractivity contribution is 14.1. The van der Waals surface area contributed by atoms with Gasteiger partial charge in [0, 0.05) is 10.1 Å².